The number of morpholine rings is 1. The van der Waals surface area contributed by atoms with Crippen LogP contribution in [0.25, 0.3) is 11.5 Å². The molecule has 1 N–H and O–H groups in total. The zero-order chi connectivity index (χ0) is 21.8. The van der Waals surface area contributed by atoms with Crippen LogP contribution in [-0.4, -0.2) is 66.4 Å². The first kappa shape index (κ1) is 22.3. The number of hydrogen-bond acceptors (Lipinski definition) is 8. The molecule has 0 spiro atoms. The lowest BCUT2D eigenvalue weighted by Crippen LogP contribution is -2.40. The van der Waals surface area contributed by atoms with E-state index in [4.69, 9.17) is 9.15 Å². The highest BCUT2D eigenvalue weighted by Crippen LogP contribution is 2.28. The number of benzene rings is 1. The van der Waals surface area contributed by atoms with Crippen molar-refractivity contribution in [2.75, 3.05) is 26.3 Å². The summed E-state index contributed by atoms with van der Waals surface area (Å²) in [6.45, 7) is 3.23. The molecule has 2 aromatic rings. The Bertz CT molecular complexity index is 1010. The highest BCUT2D eigenvalue weighted by molar-refractivity contribution is 8.00. The Morgan fingerprint density at radius 2 is 1.97 bits per heavy atom. The van der Waals surface area contributed by atoms with Crippen LogP contribution in [0.2, 0.25) is 0 Å². The molecule has 2 aliphatic rings. The molecule has 1 aliphatic heterocycles. The molecule has 4 rings (SSSR count). The van der Waals surface area contributed by atoms with Gasteiger partial charge in [0.25, 0.3) is 5.22 Å². The second kappa shape index (κ2) is 9.68. The summed E-state index contributed by atoms with van der Waals surface area (Å²) < 4.78 is 38.1. The number of rotatable bonds is 7. The number of ether oxygens (including phenoxy) is 1. The van der Waals surface area contributed by atoms with Crippen molar-refractivity contribution in [2.24, 2.45) is 0 Å². The number of sulfonamides is 1. The number of amides is 1. The van der Waals surface area contributed by atoms with Gasteiger partial charge in [-0.15, -0.1) is 10.2 Å². The molecule has 1 saturated carbocycles. The van der Waals surface area contributed by atoms with Crippen molar-refractivity contribution in [2.45, 2.75) is 54.0 Å². The summed E-state index contributed by atoms with van der Waals surface area (Å²) in [5, 5.41) is 11.0. The van der Waals surface area contributed by atoms with Crippen LogP contribution in [0.5, 0.6) is 0 Å². The third kappa shape index (κ3) is 5.28. The van der Waals surface area contributed by atoms with Gasteiger partial charge in [-0.3, -0.25) is 4.79 Å². The molecule has 11 heteroatoms. The Morgan fingerprint density at radius 3 is 2.71 bits per heavy atom. The van der Waals surface area contributed by atoms with Crippen LogP contribution in [0.1, 0.15) is 32.6 Å². The van der Waals surface area contributed by atoms with E-state index in [0.29, 0.717) is 31.9 Å². The van der Waals surface area contributed by atoms with Crippen molar-refractivity contribution in [1.82, 2.24) is 19.8 Å². The van der Waals surface area contributed by atoms with E-state index in [-0.39, 0.29) is 33.2 Å². The average molecular weight is 467 g/mol. The van der Waals surface area contributed by atoms with E-state index in [2.05, 4.69) is 15.5 Å². The molecule has 2 heterocycles. The summed E-state index contributed by atoms with van der Waals surface area (Å²) in [6.07, 6.45) is 4.36. The zero-order valence-corrected chi connectivity index (χ0v) is 19.0. The van der Waals surface area contributed by atoms with Crippen molar-refractivity contribution < 1.29 is 22.4 Å². The summed E-state index contributed by atoms with van der Waals surface area (Å²) in [6, 6.07) is 6.71. The molecule has 2 fully saturated rings. The number of thioether (sulfide) groups is 1. The molecule has 9 nitrogen and oxygen atoms in total. The molecule has 0 radical (unpaired) electrons. The lowest BCUT2D eigenvalue weighted by molar-refractivity contribution is -0.120. The Morgan fingerprint density at radius 1 is 1.23 bits per heavy atom. The van der Waals surface area contributed by atoms with E-state index in [0.717, 1.165) is 25.7 Å². The smallest absolute Gasteiger partial charge is 0.277 e. The van der Waals surface area contributed by atoms with Gasteiger partial charge in [0.15, 0.2) is 0 Å². The van der Waals surface area contributed by atoms with E-state index in [1.54, 1.807) is 25.1 Å². The van der Waals surface area contributed by atoms with Crippen LogP contribution in [0, 0.1) is 0 Å². The predicted octanol–water partition coefficient (Wildman–Crippen LogP) is 2.30. The molecular weight excluding hydrogens is 440 g/mol. The maximum atomic E-state index is 12.9. The molecule has 1 atom stereocenters. The number of carbonyl (C=O) groups is 1. The van der Waals surface area contributed by atoms with Gasteiger partial charge in [0.1, 0.15) is 0 Å². The number of aromatic nitrogens is 2. The van der Waals surface area contributed by atoms with Crippen LogP contribution >= 0.6 is 11.8 Å². The number of carbonyl (C=O) groups excluding carboxylic acids is 1. The topological polar surface area (TPSA) is 115 Å². The third-order valence-electron chi connectivity index (χ3n) is 5.44. The van der Waals surface area contributed by atoms with Gasteiger partial charge in [-0.25, -0.2) is 8.42 Å². The SMILES string of the molecule is CC(Sc1nnc(-c2cccc(S(=O)(=O)N3CCOCC3)c2)o1)C(=O)NC1CCCC1. The van der Waals surface area contributed by atoms with Crippen molar-refractivity contribution in [3.05, 3.63) is 24.3 Å². The van der Waals surface area contributed by atoms with Crippen LogP contribution in [0.15, 0.2) is 38.8 Å². The van der Waals surface area contributed by atoms with E-state index in [1.165, 1.54) is 22.1 Å². The minimum atomic E-state index is -3.62. The normalized spacial score (nSPS) is 19.4. The summed E-state index contributed by atoms with van der Waals surface area (Å²) in [5.74, 6) is 0.167. The molecule has 1 aromatic heterocycles. The summed E-state index contributed by atoms with van der Waals surface area (Å²) in [4.78, 5) is 12.6. The van der Waals surface area contributed by atoms with Gasteiger partial charge in [-0.2, -0.15) is 4.31 Å². The molecule has 1 amide bonds. The van der Waals surface area contributed by atoms with Gasteiger partial charge in [0.05, 0.1) is 23.4 Å². The Hall–Kier alpha value is -1.95. The minimum Gasteiger partial charge on any atom is -0.411 e. The van der Waals surface area contributed by atoms with Gasteiger partial charge in [-0.1, -0.05) is 30.7 Å². The lowest BCUT2D eigenvalue weighted by atomic mass is 10.2. The largest absolute Gasteiger partial charge is 0.411 e. The lowest BCUT2D eigenvalue weighted by Gasteiger charge is -2.26. The quantitative estimate of drug-likeness (QED) is 0.618. The van der Waals surface area contributed by atoms with E-state index in [1.807, 2.05) is 0 Å². The second-order valence-electron chi connectivity index (χ2n) is 7.67. The molecule has 1 aliphatic carbocycles. The van der Waals surface area contributed by atoms with E-state index >= 15 is 0 Å². The Balaban J connectivity index is 1.44. The fourth-order valence-corrected chi connectivity index (χ4v) is 5.84. The van der Waals surface area contributed by atoms with Crippen molar-refractivity contribution in [3.63, 3.8) is 0 Å². The first-order chi connectivity index (χ1) is 14.9. The van der Waals surface area contributed by atoms with Gasteiger partial charge >= 0.3 is 0 Å². The maximum absolute atomic E-state index is 12.9. The van der Waals surface area contributed by atoms with E-state index in [9.17, 15) is 13.2 Å². The summed E-state index contributed by atoms with van der Waals surface area (Å²) in [5.41, 5.74) is 0.511. The fourth-order valence-electron chi connectivity index (χ4n) is 3.69. The third-order valence-corrected chi connectivity index (χ3v) is 8.27. The molecule has 1 aromatic carbocycles. The van der Waals surface area contributed by atoms with Crippen molar-refractivity contribution in [1.29, 1.82) is 0 Å². The molecule has 1 unspecified atom stereocenters. The van der Waals surface area contributed by atoms with E-state index < -0.39 is 10.0 Å². The molecule has 168 valence electrons. The van der Waals surface area contributed by atoms with Crippen LogP contribution in [0.4, 0.5) is 0 Å². The predicted molar refractivity (Wildman–Crippen MR) is 115 cm³/mol. The Kier molecular flexibility index (Phi) is 6.95. The van der Waals surface area contributed by atoms with Gasteiger partial charge in [-0.05, 0) is 38.0 Å². The molecule has 1 saturated heterocycles. The molecule has 31 heavy (non-hydrogen) atoms. The van der Waals surface area contributed by atoms with Crippen LogP contribution < -0.4 is 5.32 Å². The number of hydrogen-bond donors (Lipinski definition) is 1. The minimum absolute atomic E-state index is 0.0461. The van der Waals surface area contributed by atoms with Gasteiger partial charge in [0, 0.05) is 24.7 Å². The van der Waals surface area contributed by atoms with Crippen LogP contribution in [0.3, 0.4) is 0 Å². The highest BCUT2D eigenvalue weighted by Gasteiger charge is 2.27. The monoisotopic (exact) mass is 466 g/mol. The van der Waals surface area contributed by atoms with Gasteiger partial charge < -0.3 is 14.5 Å². The van der Waals surface area contributed by atoms with Gasteiger partial charge in [0.2, 0.25) is 21.8 Å². The molecule has 0 bridgehead atoms. The molecular formula is C20H26N4O5S2. The number of nitrogens with one attached hydrogen (secondary N) is 1. The maximum Gasteiger partial charge on any atom is 0.277 e. The van der Waals surface area contributed by atoms with Crippen molar-refractivity contribution in [3.8, 4) is 11.5 Å². The second-order valence-corrected chi connectivity index (χ2v) is 10.9. The number of nitrogens with zero attached hydrogens (tertiary/aromatic N) is 3. The fraction of sp³-hybridized carbons (Fsp3) is 0.550. The van der Waals surface area contributed by atoms with Crippen molar-refractivity contribution >= 4 is 27.7 Å². The first-order valence-electron chi connectivity index (χ1n) is 10.4. The Labute approximate surface area is 186 Å². The average Bonchev–Trinajstić information content (AvgIpc) is 3.47. The highest BCUT2D eigenvalue weighted by atomic mass is 32.2. The zero-order valence-electron chi connectivity index (χ0n) is 17.3. The summed E-state index contributed by atoms with van der Waals surface area (Å²) in [7, 11) is -3.62. The summed E-state index contributed by atoms with van der Waals surface area (Å²) >= 11 is 1.19. The first-order valence-corrected chi connectivity index (χ1v) is 12.7. The van der Waals surface area contributed by atoms with Crippen LogP contribution in [-0.2, 0) is 19.6 Å². The standard InChI is InChI=1S/C20H26N4O5S2/c1-14(18(25)21-16-6-2-3-7-16)30-20-23-22-19(29-20)15-5-4-8-17(13-15)31(26,27)24-9-11-28-12-10-24/h4-5,8,13-14,16H,2-3,6-7,9-12H2,1H3,(H,21,25).